The Kier molecular flexibility index (Phi) is 2.18. The normalized spacial score (nSPS) is 45.2. The van der Waals surface area contributed by atoms with Crippen molar-refractivity contribution in [1.82, 2.24) is 0 Å². The van der Waals surface area contributed by atoms with Gasteiger partial charge >= 0.3 is 0 Å². The fourth-order valence-electron chi connectivity index (χ4n) is 3.02. The molecule has 0 aromatic carbocycles. The van der Waals surface area contributed by atoms with Crippen LogP contribution in [0.2, 0.25) is 0 Å². The van der Waals surface area contributed by atoms with Gasteiger partial charge in [0, 0.05) is 6.61 Å². The second-order valence-corrected chi connectivity index (χ2v) is 5.65. The lowest BCUT2D eigenvalue weighted by atomic mass is 9.54. The molecule has 1 saturated carbocycles. The van der Waals surface area contributed by atoms with Crippen molar-refractivity contribution in [2.24, 2.45) is 11.3 Å². The van der Waals surface area contributed by atoms with Gasteiger partial charge in [0.05, 0.1) is 5.60 Å². The predicted molar refractivity (Wildman–Crippen MR) is 54.7 cm³/mol. The maximum Gasteiger partial charge on any atom is 0.0693 e. The van der Waals surface area contributed by atoms with Crippen molar-refractivity contribution in [3.8, 4) is 0 Å². The molecule has 0 aromatic rings. The Bertz CT molecular complexity index is 181. The van der Waals surface area contributed by atoms with Crippen molar-refractivity contribution < 1.29 is 4.74 Å². The minimum atomic E-state index is 0.317. The molecule has 0 amide bonds. The summed E-state index contributed by atoms with van der Waals surface area (Å²) in [5.41, 5.74) is 0.884. The number of rotatable bonds is 1. The summed E-state index contributed by atoms with van der Waals surface area (Å²) in [4.78, 5) is 0. The molecule has 1 heterocycles. The Morgan fingerprint density at radius 1 is 1.15 bits per heavy atom. The smallest absolute Gasteiger partial charge is 0.0693 e. The van der Waals surface area contributed by atoms with Gasteiger partial charge in [0.1, 0.15) is 0 Å². The van der Waals surface area contributed by atoms with Crippen LogP contribution < -0.4 is 0 Å². The van der Waals surface area contributed by atoms with E-state index in [0.29, 0.717) is 11.0 Å². The van der Waals surface area contributed by atoms with Gasteiger partial charge in [-0.1, -0.05) is 20.8 Å². The SMILES string of the molecule is CC(C)C1(C)CC2(CCCCO2)C1. The molecule has 1 spiro atoms. The van der Waals surface area contributed by atoms with E-state index in [1.807, 2.05) is 0 Å². The lowest BCUT2D eigenvalue weighted by Gasteiger charge is -2.58. The Morgan fingerprint density at radius 2 is 1.85 bits per heavy atom. The molecule has 0 bridgehead atoms. The first kappa shape index (κ1) is 9.51. The maximum absolute atomic E-state index is 5.95. The highest BCUT2D eigenvalue weighted by Gasteiger charge is 2.54. The molecule has 0 radical (unpaired) electrons. The van der Waals surface area contributed by atoms with Crippen molar-refractivity contribution in [1.29, 1.82) is 0 Å². The van der Waals surface area contributed by atoms with Gasteiger partial charge in [0.25, 0.3) is 0 Å². The average Bonchev–Trinajstić information content (AvgIpc) is 2.03. The van der Waals surface area contributed by atoms with Crippen LogP contribution in [-0.2, 0) is 4.74 Å². The Labute approximate surface area is 81.9 Å². The van der Waals surface area contributed by atoms with Crippen molar-refractivity contribution in [2.75, 3.05) is 6.61 Å². The average molecular weight is 182 g/mol. The summed E-state index contributed by atoms with van der Waals surface area (Å²) in [6.07, 6.45) is 6.58. The fraction of sp³-hybridized carbons (Fsp3) is 1.00. The van der Waals surface area contributed by atoms with E-state index in [4.69, 9.17) is 4.74 Å². The number of ether oxygens (including phenoxy) is 1. The van der Waals surface area contributed by atoms with Crippen LogP contribution in [0.5, 0.6) is 0 Å². The second-order valence-electron chi connectivity index (χ2n) is 5.65. The Morgan fingerprint density at radius 3 is 2.31 bits per heavy atom. The van der Waals surface area contributed by atoms with E-state index in [1.165, 1.54) is 32.1 Å². The molecule has 2 aliphatic rings. The Hall–Kier alpha value is -0.0400. The summed E-state index contributed by atoms with van der Waals surface area (Å²) in [5.74, 6) is 0.809. The zero-order chi connectivity index (χ0) is 9.53. The third kappa shape index (κ3) is 1.52. The van der Waals surface area contributed by atoms with Crippen molar-refractivity contribution in [2.45, 2.75) is 58.5 Å². The van der Waals surface area contributed by atoms with Gasteiger partial charge < -0.3 is 4.74 Å². The number of hydrogen-bond acceptors (Lipinski definition) is 1. The molecule has 13 heavy (non-hydrogen) atoms. The standard InChI is InChI=1S/C12H22O/c1-10(2)11(3)8-12(9-11)6-4-5-7-13-12/h10H,4-9H2,1-3H3. The van der Waals surface area contributed by atoms with Gasteiger partial charge in [-0.2, -0.15) is 0 Å². The van der Waals surface area contributed by atoms with Crippen LogP contribution in [0.1, 0.15) is 52.9 Å². The molecule has 76 valence electrons. The van der Waals surface area contributed by atoms with Crippen LogP contribution in [0.3, 0.4) is 0 Å². The van der Waals surface area contributed by atoms with E-state index in [9.17, 15) is 0 Å². The summed E-state index contributed by atoms with van der Waals surface area (Å²) in [7, 11) is 0. The van der Waals surface area contributed by atoms with E-state index in [1.54, 1.807) is 0 Å². The molecule has 0 unspecified atom stereocenters. The first-order valence-electron chi connectivity index (χ1n) is 5.70. The van der Waals surface area contributed by atoms with Crippen LogP contribution in [0.4, 0.5) is 0 Å². The topological polar surface area (TPSA) is 9.23 Å². The minimum absolute atomic E-state index is 0.317. The predicted octanol–water partition coefficient (Wildman–Crippen LogP) is 3.38. The van der Waals surface area contributed by atoms with Gasteiger partial charge in [-0.05, 0) is 43.4 Å². The first-order chi connectivity index (χ1) is 6.06. The molecule has 1 aliphatic carbocycles. The van der Waals surface area contributed by atoms with Crippen LogP contribution in [0.15, 0.2) is 0 Å². The van der Waals surface area contributed by atoms with E-state index in [2.05, 4.69) is 20.8 Å². The molecule has 0 N–H and O–H groups in total. The molecular formula is C12H22O. The molecule has 2 fully saturated rings. The summed E-state index contributed by atoms with van der Waals surface area (Å²) < 4.78 is 5.95. The lowest BCUT2D eigenvalue weighted by molar-refractivity contribution is -0.197. The zero-order valence-corrected chi connectivity index (χ0v) is 9.23. The lowest BCUT2D eigenvalue weighted by Crippen LogP contribution is -2.55. The van der Waals surface area contributed by atoms with Crippen LogP contribution >= 0.6 is 0 Å². The van der Waals surface area contributed by atoms with Gasteiger partial charge in [0.15, 0.2) is 0 Å². The Balaban J connectivity index is 1.94. The summed E-state index contributed by atoms with van der Waals surface area (Å²) in [5, 5.41) is 0. The van der Waals surface area contributed by atoms with Gasteiger partial charge in [-0.25, -0.2) is 0 Å². The quantitative estimate of drug-likeness (QED) is 0.604. The highest BCUT2D eigenvalue weighted by molar-refractivity contribution is 5.05. The molecule has 0 aromatic heterocycles. The minimum Gasteiger partial charge on any atom is -0.375 e. The van der Waals surface area contributed by atoms with Crippen molar-refractivity contribution in [3.05, 3.63) is 0 Å². The number of hydrogen-bond donors (Lipinski definition) is 0. The fourth-order valence-corrected chi connectivity index (χ4v) is 3.02. The molecule has 0 atom stereocenters. The highest BCUT2D eigenvalue weighted by atomic mass is 16.5. The van der Waals surface area contributed by atoms with Gasteiger partial charge in [0.2, 0.25) is 0 Å². The van der Waals surface area contributed by atoms with Gasteiger partial charge in [-0.15, -0.1) is 0 Å². The summed E-state index contributed by atoms with van der Waals surface area (Å²) in [6, 6.07) is 0. The maximum atomic E-state index is 5.95. The first-order valence-corrected chi connectivity index (χ1v) is 5.70. The molecule has 1 heteroatoms. The summed E-state index contributed by atoms with van der Waals surface area (Å²) >= 11 is 0. The van der Waals surface area contributed by atoms with Crippen molar-refractivity contribution in [3.63, 3.8) is 0 Å². The molecular weight excluding hydrogens is 160 g/mol. The van der Waals surface area contributed by atoms with E-state index in [-0.39, 0.29) is 0 Å². The molecule has 2 rings (SSSR count). The van der Waals surface area contributed by atoms with E-state index < -0.39 is 0 Å². The largest absolute Gasteiger partial charge is 0.375 e. The van der Waals surface area contributed by atoms with E-state index in [0.717, 1.165) is 12.5 Å². The molecule has 1 nitrogen and oxygen atoms in total. The van der Waals surface area contributed by atoms with Crippen LogP contribution in [0.25, 0.3) is 0 Å². The van der Waals surface area contributed by atoms with Gasteiger partial charge in [-0.3, -0.25) is 0 Å². The zero-order valence-electron chi connectivity index (χ0n) is 9.23. The molecule has 1 saturated heterocycles. The van der Waals surface area contributed by atoms with Crippen molar-refractivity contribution >= 4 is 0 Å². The monoisotopic (exact) mass is 182 g/mol. The summed E-state index contributed by atoms with van der Waals surface area (Å²) in [6.45, 7) is 8.11. The highest BCUT2D eigenvalue weighted by Crippen LogP contribution is 2.57. The third-order valence-corrected chi connectivity index (χ3v) is 4.28. The third-order valence-electron chi connectivity index (χ3n) is 4.28. The van der Waals surface area contributed by atoms with Crippen LogP contribution in [0, 0.1) is 11.3 Å². The van der Waals surface area contributed by atoms with Crippen LogP contribution in [-0.4, -0.2) is 12.2 Å². The second kappa shape index (κ2) is 2.98. The molecule has 1 aliphatic heterocycles. The van der Waals surface area contributed by atoms with E-state index >= 15 is 0 Å².